The predicted octanol–water partition coefficient (Wildman–Crippen LogP) is 8.82. The molecule has 2 nitrogen and oxygen atoms in total. The molecule has 0 saturated heterocycles. The molecule has 0 amide bonds. The Hall–Kier alpha value is -0.930. The maximum absolute atomic E-state index is 5.43. The summed E-state index contributed by atoms with van der Waals surface area (Å²) < 4.78 is 3.09. The van der Waals surface area contributed by atoms with Gasteiger partial charge >= 0.3 is 0 Å². The van der Waals surface area contributed by atoms with Crippen molar-refractivity contribution >= 4 is 17.6 Å². The number of aryl methyl sites for hydroxylation is 1. The molecular weight excluding hydrogens is 360 g/mol. The van der Waals surface area contributed by atoms with Crippen LogP contribution in [0.25, 0.3) is 0 Å². The normalized spacial score (nSPS) is 8.43. The molecule has 0 heterocycles. The fourth-order valence-corrected chi connectivity index (χ4v) is 2.18. The number of nitrogens with two attached hydrogens (primary N) is 1. The molecule has 0 unspecified atom stereocenters. The first-order chi connectivity index (χ1) is 13.4. The summed E-state index contributed by atoms with van der Waals surface area (Å²) in [5.41, 5.74) is 7.51. The van der Waals surface area contributed by atoms with Crippen LogP contribution in [0.15, 0.2) is 36.9 Å². The van der Waals surface area contributed by atoms with E-state index in [1.807, 2.05) is 57.1 Å². The largest absolute Gasteiger partial charge is 0.399 e. The molecule has 0 atom stereocenters. The Labute approximate surface area is 183 Å². The first-order valence-corrected chi connectivity index (χ1v) is 12.1. The van der Waals surface area contributed by atoms with E-state index in [9.17, 15) is 0 Å². The summed E-state index contributed by atoms with van der Waals surface area (Å²) in [6.07, 6.45) is 12.7. The average Bonchev–Trinajstić information content (AvgIpc) is 2.66. The summed E-state index contributed by atoms with van der Waals surface area (Å²) in [6.45, 7) is 18.1. The standard InChI is InChI=1S/C9H21NS.C7H9N.2C3H8.C3H6/c1-3-4-5-6-7-8-9-11-10-2;1-6-2-4-7(8)5-3-6;3*1-3-2/h10H,3-9H2,1-2H3;2-5H,8H2,1H3;2*3H2,1-2H3;3H,1H2,2H3. The van der Waals surface area contributed by atoms with Gasteiger partial charge < -0.3 is 5.73 Å². The quantitative estimate of drug-likeness (QED) is 0.194. The predicted molar refractivity (Wildman–Crippen MR) is 138 cm³/mol. The van der Waals surface area contributed by atoms with E-state index < -0.39 is 0 Å². The van der Waals surface area contributed by atoms with Crippen LogP contribution in [-0.2, 0) is 0 Å². The first-order valence-electron chi connectivity index (χ1n) is 11.1. The Morgan fingerprint density at radius 2 is 1.29 bits per heavy atom. The van der Waals surface area contributed by atoms with E-state index in [4.69, 9.17) is 5.73 Å². The lowest BCUT2D eigenvalue weighted by molar-refractivity contribution is 0.627. The van der Waals surface area contributed by atoms with Crippen molar-refractivity contribution in [2.75, 3.05) is 18.5 Å². The second-order valence-corrected chi connectivity index (χ2v) is 7.66. The van der Waals surface area contributed by atoms with Crippen LogP contribution < -0.4 is 10.5 Å². The minimum atomic E-state index is 0.829. The van der Waals surface area contributed by atoms with Crippen LogP contribution in [0, 0.1) is 6.92 Å². The van der Waals surface area contributed by atoms with Gasteiger partial charge in [-0.05, 0) is 39.4 Å². The Kier molecular flexibility index (Phi) is 45.6. The summed E-state index contributed by atoms with van der Waals surface area (Å²) in [5, 5.41) is 0. The van der Waals surface area contributed by atoms with E-state index in [0.717, 1.165) is 5.69 Å². The maximum atomic E-state index is 5.43. The van der Waals surface area contributed by atoms with Gasteiger partial charge in [0, 0.05) is 11.4 Å². The third-order valence-electron chi connectivity index (χ3n) is 2.82. The molecule has 0 aliphatic heterocycles. The minimum absolute atomic E-state index is 0.829. The highest BCUT2D eigenvalue weighted by atomic mass is 32.2. The summed E-state index contributed by atoms with van der Waals surface area (Å²) in [6, 6.07) is 7.79. The number of nitrogen functional groups attached to an aromatic ring is 1. The number of hydrogen-bond donors (Lipinski definition) is 2. The number of allylic oxidation sites excluding steroid dienone is 1. The molecule has 3 heteroatoms. The van der Waals surface area contributed by atoms with Crippen molar-refractivity contribution in [2.45, 2.75) is 99.8 Å². The van der Waals surface area contributed by atoms with E-state index in [1.165, 1.54) is 62.7 Å². The molecule has 28 heavy (non-hydrogen) atoms. The number of hydrogen-bond acceptors (Lipinski definition) is 3. The number of unbranched alkanes of at least 4 members (excludes halogenated alkanes) is 5. The smallest absolute Gasteiger partial charge is 0.0314 e. The highest BCUT2D eigenvalue weighted by Crippen LogP contribution is 2.07. The Morgan fingerprint density at radius 1 is 0.893 bits per heavy atom. The van der Waals surface area contributed by atoms with Gasteiger partial charge in [0.15, 0.2) is 0 Å². The molecule has 0 aliphatic carbocycles. The van der Waals surface area contributed by atoms with Crippen LogP contribution in [0.2, 0.25) is 0 Å². The highest BCUT2D eigenvalue weighted by molar-refractivity contribution is 7.97. The van der Waals surface area contributed by atoms with Gasteiger partial charge in [0.25, 0.3) is 0 Å². The fraction of sp³-hybridized carbons (Fsp3) is 0.680. The molecule has 0 aromatic heterocycles. The van der Waals surface area contributed by atoms with Crippen molar-refractivity contribution in [3.05, 3.63) is 42.5 Å². The second kappa shape index (κ2) is 36.9. The van der Waals surface area contributed by atoms with Crippen molar-refractivity contribution in [2.24, 2.45) is 0 Å². The van der Waals surface area contributed by atoms with Crippen LogP contribution in [-0.4, -0.2) is 12.8 Å². The SMILES string of the molecule is C=CC.CCC.CCC.CCCCCCCCSNC.Cc1ccc(N)cc1. The first kappa shape index (κ1) is 34.6. The summed E-state index contributed by atoms with van der Waals surface area (Å²) in [4.78, 5) is 0. The Morgan fingerprint density at radius 3 is 1.64 bits per heavy atom. The number of nitrogens with one attached hydrogen (secondary N) is 1. The highest BCUT2D eigenvalue weighted by Gasteiger charge is 1.89. The topological polar surface area (TPSA) is 38.0 Å². The summed E-state index contributed by atoms with van der Waals surface area (Å²) in [5.74, 6) is 1.27. The van der Waals surface area contributed by atoms with Crippen LogP contribution in [0.5, 0.6) is 0 Å². The lowest BCUT2D eigenvalue weighted by Crippen LogP contribution is -1.93. The van der Waals surface area contributed by atoms with E-state index >= 15 is 0 Å². The third kappa shape index (κ3) is 49.8. The molecule has 3 N–H and O–H groups in total. The van der Waals surface area contributed by atoms with Gasteiger partial charge in [-0.15, -0.1) is 6.58 Å². The van der Waals surface area contributed by atoms with E-state index in [1.54, 1.807) is 6.08 Å². The zero-order valence-corrected chi connectivity index (χ0v) is 21.3. The molecule has 0 spiro atoms. The molecule has 0 radical (unpaired) electrons. The second-order valence-electron chi connectivity index (χ2n) is 6.55. The zero-order valence-electron chi connectivity index (χ0n) is 20.4. The molecule has 0 aliphatic rings. The van der Waals surface area contributed by atoms with Gasteiger partial charge in [-0.2, -0.15) is 0 Å². The molecule has 0 fully saturated rings. The third-order valence-corrected chi connectivity index (χ3v) is 3.60. The number of rotatable bonds is 8. The van der Waals surface area contributed by atoms with Crippen molar-refractivity contribution < 1.29 is 0 Å². The van der Waals surface area contributed by atoms with Gasteiger partial charge in [0.2, 0.25) is 0 Å². The van der Waals surface area contributed by atoms with Crippen LogP contribution >= 0.6 is 11.9 Å². The maximum Gasteiger partial charge on any atom is 0.0314 e. The number of anilines is 1. The van der Waals surface area contributed by atoms with E-state index in [-0.39, 0.29) is 0 Å². The molecule has 0 bridgehead atoms. The summed E-state index contributed by atoms with van der Waals surface area (Å²) >= 11 is 1.82. The fourth-order valence-electron chi connectivity index (χ4n) is 1.62. The molecule has 1 aromatic rings. The van der Waals surface area contributed by atoms with Crippen LogP contribution in [0.3, 0.4) is 0 Å². The Balaban J connectivity index is -0.000000147. The number of benzene rings is 1. The van der Waals surface area contributed by atoms with Crippen LogP contribution in [0.4, 0.5) is 5.69 Å². The molecule has 1 rings (SSSR count). The van der Waals surface area contributed by atoms with E-state index in [0.29, 0.717) is 0 Å². The van der Waals surface area contributed by atoms with Gasteiger partial charge in [-0.1, -0.05) is 115 Å². The summed E-state index contributed by atoms with van der Waals surface area (Å²) in [7, 11) is 1.99. The lowest BCUT2D eigenvalue weighted by atomic mass is 10.1. The van der Waals surface area contributed by atoms with Crippen molar-refractivity contribution in [3.63, 3.8) is 0 Å². The van der Waals surface area contributed by atoms with Gasteiger partial charge in [0.1, 0.15) is 0 Å². The van der Waals surface area contributed by atoms with Crippen LogP contribution in [0.1, 0.15) is 98.5 Å². The van der Waals surface area contributed by atoms with Gasteiger partial charge in [0.05, 0.1) is 0 Å². The molecule has 168 valence electrons. The molecule has 1 aromatic carbocycles. The van der Waals surface area contributed by atoms with Crippen molar-refractivity contribution in [1.82, 2.24) is 4.72 Å². The van der Waals surface area contributed by atoms with E-state index in [2.05, 4.69) is 45.9 Å². The molecular formula is C25H52N2S. The van der Waals surface area contributed by atoms with Crippen molar-refractivity contribution in [1.29, 1.82) is 0 Å². The average molecular weight is 413 g/mol. The zero-order chi connectivity index (χ0) is 22.5. The van der Waals surface area contributed by atoms with Gasteiger partial charge in [-0.3, -0.25) is 4.72 Å². The monoisotopic (exact) mass is 412 g/mol. The Bertz CT molecular complexity index is 319. The minimum Gasteiger partial charge on any atom is -0.399 e. The van der Waals surface area contributed by atoms with Gasteiger partial charge in [-0.25, -0.2) is 0 Å². The lowest BCUT2D eigenvalue weighted by Gasteiger charge is -1.99. The van der Waals surface area contributed by atoms with Crippen molar-refractivity contribution in [3.8, 4) is 0 Å². The molecule has 0 saturated carbocycles.